The van der Waals surface area contributed by atoms with Crippen molar-refractivity contribution in [3.8, 4) is 0 Å². The summed E-state index contributed by atoms with van der Waals surface area (Å²) >= 11 is 0. The number of nitrogens with two attached hydrogens (primary N) is 1. The quantitative estimate of drug-likeness (QED) is 0.897. The number of hydrogen-bond acceptors (Lipinski definition) is 3. The third-order valence-electron chi connectivity index (χ3n) is 6.40. The summed E-state index contributed by atoms with van der Waals surface area (Å²) < 4.78 is 8.19. The van der Waals surface area contributed by atoms with Gasteiger partial charge in [0.15, 0.2) is 0 Å². The molecule has 2 N–H and O–H groups in total. The van der Waals surface area contributed by atoms with E-state index in [1.807, 2.05) is 17.6 Å². The number of aryl methyl sites for hydroxylation is 2. The van der Waals surface area contributed by atoms with Crippen LogP contribution < -0.4 is 11.3 Å². The molecule has 0 radical (unpaired) electrons. The van der Waals surface area contributed by atoms with Crippen LogP contribution in [0.5, 0.6) is 0 Å². The lowest BCUT2D eigenvalue weighted by molar-refractivity contribution is -0.000576. The van der Waals surface area contributed by atoms with E-state index in [0.717, 1.165) is 36.9 Å². The number of aromatic nitrogens is 1. The SMILES string of the molecule is Cc1ccc2n(c1=O)[C@@H](COC1CCC(c3ccccc3)CC1)[C@@H](N)CC2. The number of hydrogen-bond donors (Lipinski definition) is 1. The molecule has 1 aromatic heterocycles. The zero-order valence-electron chi connectivity index (χ0n) is 16.1. The van der Waals surface area contributed by atoms with Gasteiger partial charge in [-0.1, -0.05) is 36.4 Å². The molecule has 4 nitrogen and oxygen atoms in total. The fourth-order valence-electron chi connectivity index (χ4n) is 4.68. The summed E-state index contributed by atoms with van der Waals surface area (Å²) in [5.41, 5.74) is 9.79. The molecule has 4 rings (SSSR count). The first-order chi connectivity index (χ1) is 13.1. The van der Waals surface area contributed by atoms with E-state index in [0.29, 0.717) is 12.5 Å². The monoisotopic (exact) mass is 366 g/mol. The number of ether oxygens (including phenoxy) is 1. The number of fused-ring (bicyclic) bond motifs is 1. The zero-order chi connectivity index (χ0) is 18.8. The van der Waals surface area contributed by atoms with Crippen LogP contribution in [-0.2, 0) is 11.2 Å². The first-order valence-corrected chi connectivity index (χ1v) is 10.3. The van der Waals surface area contributed by atoms with Gasteiger partial charge in [0.2, 0.25) is 0 Å². The summed E-state index contributed by atoms with van der Waals surface area (Å²) in [4.78, 5) is 12.7. The van der Waals surface area contributed by atoms with Crippen molar-refractivity contribution in [1.82, 2.24) is 4.57 Å². The van der Waals surface area contributed by atoms with Gasteiger partial charge in [0.05, 0.1) is 18.8 Å². The van der Waals surface area contributed by atoms with Gasteiger partial charge in [-0.05, 0) is 63.0 Å². The molecule has 1 saturated carbocycles. The van der Waals surface area contributed by atoms with Crippen molar-refractivity contribution in [2.24, 2.45) is 5.73 Å². The van der Waals surface area contributed by atoms with E-state index in [9.17, 15) is 4.79 Å². The Morgan fingerprint density at radius 2 is 1.78 bits per heavy atom. The molecule has 1 aromatic carbocycles. The molecule has 1 aliphatic carbocycles. The second-order valence-corrected chi connectivity index (χ2v) is 8.17. The number of nitrogens with zero attached hydrogens (tertiary/aromatic N) is 1. The summed E-state index contributed by atoms with van der Waals surface area (Å²) in [5.74, 6) is 0.647. The predicted octanol–water partition coefficient (Wildman–Crippen LogP) is 3.71. The van der Waals surface area contributed by atoms with E-state index in [1.165, 1.54) is 18.4 Å². The highest BCUT2D eigenvalue weighted by molar-refractivity contribution is 5.20. The molecule has 0 saturated heterocycles. The summed E-state index contributed by atoms with van der Waals surface area (Å²) in [6, 6.07) is 14.7. The second kappa shape index (κ2) is 7.99. The fourth-order valence-corrected chi connectivity index (χ4v) is 4.68. The number of rotatable bonds is 4. The average Bonchev–Trinajstić information content (AvgIpc) is 2.71. The Morgan fingerprint density at radius 3 is 2.52 bits per heavy atom. The molecule has 0 spiro atoms. The summed E-state index contributed by atoms with van der Waals surface area (Å²) in [6.45, 7) is 2.41. The molecule has 144 valence electrons. The van der Waals surface area contributed by atoms with Crippen LogP contribution in [0.1, 0.15) is 60.9 Å². The third-order valence-corrected chi connectivity index (χ3v) is 6.40. The number of pyridine rings is 1. The van der Waals surface area contributed by atoms with E-state index in [2.05, 4.69) is 36.4 Å². The molecule has 1 aliphatic heterocycles. The maximum Gasteiger partial charge on any atom is 0.254 e. The van der Waals surface area contributed by atoms with Crippen molar-refractivity contribution in [1.29, 1.82) is 0 Å². The highest BCUT2D eigenvalue weighted by Gasteiger charge is 2.30. The predicted molar refractivity (Wildman–Crippen MR) is 108 cm³/mol. The molecular weight excluding hydrogens is 336 g/mol. The lowest BCUT2D eigenvalue weighted by Gasteiger charge is -2.35. The molecule has 1 fully saturated rings. The Kier molecular flexibility index (Phi) is 5.46. The van der Waals surface area contributed by atoms with Crippen LogP contribution >= 0.6 is 0 Å². The molecule has 4 heteroatoms. The van der Waals surface area contributed by atoms with Crippen LogP contribution in [-0.4, -0.2) is 23.3 Å². The molecule has 2 aliphatic rings. The van der Waals surface area contributed by atoms with E-state index in [1.54, 1.807) is 0 Å². The van der Waals surface area contributed by atoms with Gasteiger partial charge in [-0.25, -0.2) is 0 Å². The van der Waals surface area contributed by atoms with Gasteiger partial charge in [-0.15, -0.1) is 0 Å². The minimum absolute atomic E-state index is 0.0161. The smallest absolute Gasteiger partial charge is 0.254 e. The zero-order valence-corrected chi connectivity index (χ0v) is 16.1. The van der Waals surface area contributed by atoms with Crippen LogP contribution in [0.4, 0.5) is 0 Å². The molecule has 0 amide bonds. The van der Waals surface area contributed by atoms with Gasteiger partial charge in [-0.2, -0.15) is 0 Å². The van der Waals surface area contributed by atoms with Crippen molar-refractivity contribution in [2.75, 3.05) is 6.61 Å². The minimum Gasteiger partial charge on any atom is -0.376 e. The second-order valence-electron chi connectivity index (χ2n) is 8.17. The molecule has 0 unspecified atom stereocenters. The maximum absolute atomic E-state index is 12.7. The van der Waals surface area contributed by atoms with Crippen molar-refractivity contribution in [3.63, 3.8) is 0 Å². The maximum atomic E-state index is 12.7. The Hall–Kier alpha value is -1.91. The molecule has 0 bridgehead atoms. The first kappa shape index (κ1) is 18.5. The van der Waals surface area contributed by atoms with Gasteiger partial charge >= 0.3 is 0 Å². The molecule has 2 atom stereocenters. The molecule has 2 aromatic rings. The van der Waals surface area contributed by atoms with Crippen molar-refractivity contribution < 1.29 is 4.74 Å². The lowest BCUT2D eigenvalue weighted by atomic mass is 9.83. The number of benzene rings is 1. The van der Waals surface area contributed by atoms with E-state index in [4.69, 9.17) is 10.5 Å². The minimum atomic E-state index is -0.0482. The Labute approximate surface area is 161 Å². The van der Waals surface area contributed by atoms with E-state index < -0.39 is 0 Å². The molecule has 2 heterocycles. The van der Waals surface area contributed by atoms with E-state index >= 15 is 0 Å². The van der Waals surface area contributed by atoms with Gasteiger partial charge in [0.25, 0.3) is 5.56 Å². The summed E-state index contributed by atoms with van der Waals surface area (Å²) in [5, 5.41) is 0. The van der Waals surface area contributed by atoms with Crippen LogP contribution in [0.15, 0.2) is 47.3 Å². The van der Waals surface area contributed by atoms with E-state index in [-0.39, 0.29) is 23.7 Å². The van der Waals surface area contributed by atoms with Crippen LogP contribution in [0.3, 0.4) is 0 Å². The van der Waals surface area contributed by atoms with Crippen LogP contribution in [0.2, 0.25) is 0 Å². The Balaban J connectivity index is 1.39. The standard InChI is InChI=1S/C23H30N2O2/c1-16-7-10-19-11-14-21(24)22(25(19)23(16)26)15-27-20-12-8-18(9-13-20)17-5-3-2-4-6-17/h2-7,10,18,20-22H,8-9,11-15,24H2,1H3/t18?,20?,21-,22-/m0/s1. The van der Waals surface area contributed by atoms with Crippen molar-refractivity contribution in [3.05, 3.63) is 69.6 Å². The largest absolute Gasteiger partial charge is 0.376 e. The van der Waals surface area contributed by atoms with Crippen LogP contribution in [0, 0.1) is 6.92 Å². The Bertz CT molecular complexity index is 822. The highest BCUT2D eigenvalue weighted by Crippen LogP contribution is 2.34. The topological polar surface area (TPSA) is 57.2 Å². The van der Waals surface area contributed by atoms with Crippen molar-refractivity contribution in [2.45, 2.75) is 69.6 Å². The third kappa shape index (κ3) is 3.87. The summed E-state index contributed by atoms with van der Waals surface area (Å²) in [7, 11) is 0. The molecular formula is C23H30N2O2. The van der Waals surface area contributed by atoms with Gasteiger partial charge in [0, 0.05) is 17.3 Å². The summed E-state index contributed by atoms with van der Waals surface area (Å²) in [6.07, 6.45) is 6.56. The van der Waals surface area contributed by atoms with Gasteiger partial charge in [-0.3, -0.25) is 4.79 Å². The Morgan fingerprint density at radius 1 is 1.04 bits per heavy atom. The fraction of sp³-hybridized carbons (Fsp3) is 0.522. The van der Waals surface area contributed by atoms with Gasteiger partial charge in [0.1, 0.15) is 0 Å². The first-order valence-electron chi connectivity index (χ1n) is 10.3. The highest BCUT2D eigenvalue weighted by atomic mass is 16.5. The normalized spacial score (nSPS) is 27.9. The molecule has 27 heavy (non-hydrogen) atoms. The van der Waals surface area contributed by atoms with Crippen LogP contribution in [0.25, 0.3) is 0 Å². The average molecular weight is 367 g/mol. The van der Waals surface area contributed by atoms with Gasteiger partial charge < -0.3 is 15.0 Å². The van der Waals surface area contributed by atoms with Crippen molar-refractivity contribution >= 4 is 0 Å². The lowest BCUT2D eigenvalue weighted by Crippen LogP contribution is -2.46.